The monoisotopic (exact) mass is 249 g/mol. The van der Waals surface area contributed by atoms with Gasteiger partial charge in [-0.3, -0.25) is 0 Å². The fourth-order valence-corrected chi connectivity index (χ4v) is 2.25. The number of aliphatic hydroxyl groups is 1. The van der Waals surface area contributed by atoms with Crippen LogP contribution in [0, 0.1) is 0 Å². The molecule has 100 valence electrons. The molecule has 0 aliphatic carbocycles. The van der Waals surface area contributed by atoms with Gasteiger partial charge in [-0.15, -0.1) is 0 Å². The van der Waals surface area contributed by atoms with Crippen LogP contribution in [0.5, 0.6) is 5.75 Å². The lowest BCUT2D eigenvalue weighted by molar-refractivity contribution is 0.134. The summed E-state index contributed by atoms with van der Waals surface area (Å²) in [6.07, 6.45) is 0.706. The number of hydrogen-bond donors (Lipinski definition) is 2. The lowest BCUT2D eigenvalue weighted by Crippen LogP contribution is -2.40. The number of anilines is 1. The van der Waals surface area contributed by atoms with Crippen molar-refractivity contribution in [2.75, 3.05) is 11.9 Å². The molecule has 2 N–H and O–H groups in total. The molecule has 3 nitrogen and oxygen atoms in total. The van der Waals surface area contributed by atoms with E-state index in [0.29, 0.717) is 6.42 Å². The first-order valence-electron chi connectivity index (χ1n) is 6.60. The maximum Gasteiger partial charge on any atom is 0.142 e. The van der Waals surface area contributed by atoms with Crippen LogP contribution in [0.4, 0.5) is 5.69 Å². The van der Waals surface area contributed by atoms with Gasteiger partial charge in [0.1, 0.15) is 11.9 Å². The Balaban J connectivity index is 2.26. The normalized spacial score (nSPS) is 22.9. The topological polar surface area (TPSA) is 41.5 Å². The van der Waals surface area contributed by atoms with Crippen molar-refractivity contribution in [3.05, 3.63) is 23.8 Å². The Kier molecular flexibility index (Phi) is 3.53. The third kappa shape index (κ3) is 2.61. The van der Waals surface area contributed by atoms with Gasteiger partial charge in [0.25, 0.3) is 0 Å². The highest BCUT2D eigenvalue weighted by Gasteiger charge is 2.26. The zero-order chi connectivity index (χ0) is 13.3. The van der Waals surface area contributed by atoms with Crippen molar-refractivity contribution in [2.24, 2.45) is 0 Å². The maximum absolute atomic E-state index is 9.03. The summed E-state index contributed by atoms with van der Waals surface area (Å²) in [6.45, 7) is 8.86. The summed E-state index contributed by atoms with van der Waals surface area (Å²) in [6, 6.07) is 6.53. The molecule has 2 atom stereocenters. The van der Waals surface area contributed by atoms with Crippen molar-refractivity contribution in [3.8, 4) is 5.75 Å². The van der Waals surface area contributed by atoms with E-state index < -0.39 is 0 Å². The fourth-order valence-electron chi connectivity index (χ4n) is 2.25. The largest absolute Gasteiger partial charge is 0.486 e. The summed E-state index contributed by atoms with van der Waals surface area (Å²) in [7, 11) is 0. The summed E-state index contributed by atoms with van der Waals surface area (Å²) in [5.74, 6) is 0.888. The molecular weight excluding hydrogens is 226 g/mol. The molecule has 2 rings (SSSR count). The molecule has 1 aliphatic heterocycles. The highest BCUT2D eigenvalue weighted by atomic mass is 16.5. The Morgan fingerprint density at radius 1 is 1.33 bits per heavy atom. The van der Waals surface area contributed by atoms with E-state index in [1.54, 1.807) is 0 Å². The first-order valence-corrected chi connectivity index (χ1v) is 6.60. The van der Waals surface area contributed by atoms with Crippen LogP contribution >= 0.6 is 0 Å². The van der Waals surface area contributed by atoms with Crippen LogP contribution in [0.1, 0.15) is 39.7 Å². The number of rotatable bonds is 2. The van der Waals surface area contributed by atoms with Crippen molar-refractivity contribution in [3.63, 3.8) is 0 Å². The molecule has 18 heavy (non-hydrogen) atoms. The zero-order valence-corrected chi connectivity index (χ0v) is 11.7. The zero-order valence-electron chi connectivity index (χ0n) is 11.7. The van der Waals surface area contributed by atoms with Gasteiger partial charge in [0, 0.05) is 13.0 Å². The Labute approximate surface area is 109 Å². The second-order valence-electron chi connectivity index (χ2n) is 6.06. The number of ether oxygens (including phenoxy) is 1. The van der Waals surface area contributed by atoms with E-state index in [1.165, 1.54) is 5.56 Å². The number of benzene rings is 1. The molecule has 1 aromatic carbocycles. The van der Waals surface area contributed by atoms with E-state index in [-0.39, 0.29) is 24.2 Å². The van der Waals surface area contributed by atoms with Crippen LogP contribution in [0.3, 0.4) is 0 Å². The number of nitrogens with one attached hydrogen (secondary N) is 1. The fraction of sp³-hybridized carbons (Fsp3) is 0.600. The Morgan fingerprint density at radius 2 is 2.06 bits per heavy atom. The molecule has 0 aromatic heterocycles. The van der Waals surface area contributed by atoms with E-state index in [9.17, 15) is 0 Å². The molecule has 0 bridgehead atoms. The van der Waals surface area contributed by atoms with Gasteiger partial charge in [0.2, 0.25) is 0 Å². The minimum absolute atomic E-state index is 0.0444. The molecule has 0 amide bonds. The first kappa shape index (κ1) is 13.2. The van der Waals surface area contributed by atoms with Gasteiger partial charge in [-0.1, -0.05) is 26.8 Å². The van der Waals surface area contributed by atoms with Gasteiger partial charge in [-0.25, -0.2) is 0 Å². The molecule has 0 saturated carbocycles. The van der Waals surface area contributed by atoms with Gasteiger partial charge < -0.3 is 15.2 Å². The van der Waals surface area contributed by atoms with E-state index >= 15 is 0 Å². The van der Waals surface area contributed by atoms with Gasteiger partial charge >= 0.3 is 0 Å². The molecule has 3 heteroatoms. The van der Waals surface area contributed by atoms with Crippen LogP contribution in [0.25, 0.3) is 0 Å². The smallest absolute Gasteiger partial charge is 0.142 e. The molecular formula is C15H23NO2. The molecule has 1 heterocycles. The van der Waals surface area contributed by atoms with Crippen molar-refractivity contribution < 1.29 is 9.84 Å². The Hall–Kier alpha value is -1.22. The lowest BCUT2D eigenvalue weighted by atomic mass is 9.86. The highest BCUT2D eigenvalue weighted by molar-refractivity contribution is 5.61. The van der Waals surface area contributed by atoms with Gasteiger partial charge in [0.05, 0.1) is 11.7 Å². The molecule has 0 saturated heterocycles. The summed E-state index contributed by atoms with van der Waals surface area (Å²) in [5.41, 5.74) is 2.50. The quantitative estimate of drug-likeness (QED) is 0.846. The Morgan fingerprint density at radius 3 is 2.67 bits per heavy atom. The second kappa shape index (κ2) is 4.81. The standard InChI is InChI=1S/C15H23NO2/c1-10-13(7-8-17)18-14-6-5-11(15(2,3)4)9-12(14)16-10/h5-6,9-10,13,16-17H,7-8H2,1-4H3. The van der Waals surface area contributed by atoms with Gasteiger partial charge in [0.15, 0.2) is 0 Å². The van der Waals surface area contributed by atoms with Crippen LogP contribution in [0.15, 0.2) is 18.2 Å². The predicted octanol–water partition coefficient (Wildman–Crippen LogP) is 2.93. The molecule has 0 spiro atoms. The van der Waals surface area contributed by atoms with Crippen LogP contribution in [-0.4, -0.2) is 23.9 Å². The van der Waals surface area contributed by atoms with Crippen molar-refractivity contribution in [1.29, 1.82) is 0 Å². The number of aliphatic hydroxyl groups excluding tert-OH is 1. The van der Waals surface area contributed by atoms with Crippen molar-refractivity contribution in [2.45, 2.75) is 51.7 Å². The minimum atomic E-state index is 0.0444. The third-order valence-electron chi connectivity index (χ3n) is 3.48. The summed E-state index contributed by atoms with van der Waals surface area (Å²) in [5, 5.41) is 12.5. The predicted molar refractivity (Wildman–Crippen MR) is 74.3 cm³/mol. The second-order valence-corrected chi connectivity index (χ2v) is 6.06. The summed E-state index contributed by atoms with van der Waals surface area (Å²) < 4.78 is 5.93. The van der Waals surface area contributed by atoms with Crippen LogP contribution in [-0.2, 0) is 5.41 Å². The average molecular weight is 249 g/mol. The van der Waals surface area contributed by atoms with E-state index in [2.05, 4.69) is 45.1 Å². The van der Waals surface area contributed by atoms with E-state index in [1.807, 2.05) is 6.07 Å². The Bertz CT molecular complexity index is 423. The van der Waals surface area contributed by atoms with E-state index in [0.717, 1.165) is 11.4 Å². The summed E-state index contributed by atoms with van der Waals surface area (Å²) in [4.78, 5) is 0. The van der Waals surface area contributed by atoms with Crippen LogP contribution in [0.2, 0.25) is 0 Å². The molecule has 0 radical (unpaired) electrons. The molecule has 2 unspecified atom stereocenters. The number of fused-ring (bicyclic) bond motifs is 1. The van der Waals surface area contributed by atoms with Gasteiger partial charge in [-0.05, 0) is 30.0 Å². The van der Waals surface area contributed by atoms with Crippen molar-refractivity contribution in [1.82, 2.24) is 0 Å². The highest BCUT2D eigenvalue weighted by Crippen LogP contribution is 2.36. The van der Waals surface area contributed by atoms with Gasteiger partial charge in [-0.2, -0.15) is 0 Å². The minimum Gasteiger partial charge on any atom is -0.486 e. The number of hydrogen-bond acceptors (Lipinski definition) is 3. The average Bonchev–Trinajstić information content (AvgIpc) is 2.28. The van der Waals surface area contributed by atoms with Crippen molar-refractivity contribution >= 4 is 5.69 Å². The molecule has 1 aliphatic rings. The maximum atomic E-state index is 9.03. The first-order chi connectivity index (χ1) is 8.41. The molecule has 1 aromatic rings. The summed E-state index contributed by atoms with van der Waals surface area (Å²) >= 11 is 0. The molecule has 0 fully saturated rings. The third-order valence-corrected chi connectivity index (χ3v) is 3.48. The van der Waals surface area contributed by atoms with E-state index in [4.69, 9.17) is 9.84 Å². The SMILES string of the molecule is CC1Nc2cc(C(C)(C)C)ccc2OC1CCO. The van der Waals surface area contributed by atoms with Crippen LogP contribution < -0.4 is 10.1 Å². The lowest BCUT2D eigenvalue weighted by Gasteiger charge is -2.34.